The van der Waals surface area contributed by atoms with Crippen LogP contribution < -0.4 is 0 Å². The maximum Gasteiger partial charge on any atom is 0.338 e. The van der Waals surface area contributed by atoms with Crippen molar-refractivity contribution in [2.24, 2.45) is 0 Å². The molecule has 22 heavy (non-hydrogen) atoms. The average molecular weight is 306 g/mol. The number of phenolic OH excluding ortho intramolecular Hbond substituents is 1. The van der Waals surface area contributed by atoms with Crippen LogP contribution in [-0.4, -0.2) is 65.6 Å². The Hall–Kier alpha value is -2.08. The van der Waals surface area contributed by atoms with Crippen LogP contribution in [-0.2, 0) is 9.53 Å². The van der Waals surface area contributed by atoms with Gasteiger partial charge in [-0.15, -0.1) is 0 Å². The summed E-state index contributed by atoms with van der Waals surface area (Å²) in [6.07, 6.45) is 0. The predicted octanol–water partition coefficient (Wildman–Crippen LogP) is 1.10. The van der Waals surface area contributed by atoms with Crippen molar-refractivity contribution in [3.8, 4) is 5.75 Å². The Bertz CT molecular complexity index is 519. The van der Waals surface area contributed by atoms with Gasteiger partial charge in [0.1, 0.15) is 5.75 Å². The monoisotopic (exact) mass is 306 g/mol. The van der Waals surface area contributed by atoms with E-state index >= 15 is 0 Å². The van der Waals surface area contributed by atoms with E-state index in [-0.39, 0.29) is 18.3 Å². The topological polar surface area (TPSA) is 70.1 Å². The number of benzene rings is 1. The summed E-state index contributed by atoms with van der Waals surface area (Å²) in [5.74, 6) is -0.652. The molecule has 1 aliphatic rings. The number of ether oxygens (including phenoxy) is 1. The Kier molecular flexibility index (Phi) is 5.38. The third-order valence-corrected chi connectivity index (χ3v) is 3.83. The van der Waals surface area contributed by atoms with E-state index in [1.165, 1.54) is 24.3 Å². The molecule has 0 aliphatic carbocycles. The molecule has 6 nitrogen and oxygen atoms in total. The zero-order chi connectivity index (χ0) is 16.1. The molecule has 0 spiro atoms. The second-order valence-corrected chi connectivity index (χ2v) is 5.63. The van der Waals surface area contributed by atoms with Crippen molar-refractivity contribution >= 4 is 11.9 Å². The van der Waals surface area contributed by atoms with Crippen LogP contribution in [0.4, 0.5) is 0 Å². The average Bonchev–Trinajstić information content (AvgIpc) is 2.53. The zero-order valence-electron chi connectivity index (χ0n) is 13.0. The number of carbonyl (C=O) groups excluding carboxylic acids is 2. The van der Waals surface area contributed by atoms with Gasteiger partial charge in [0.05, 0.1) is 5.56 Å². The van der Waals surface area contributed by atoms with Crippen LogP contribution in [0.3, 0.4) is 0 Å². The normalized spacial score (nSPS) is 15.9. The molecule has 0 radical (unpaired) electrons. The van der Waals surface area contributed by atoms with Crippen LogP contribution in [0.1, 0.15) is 24.2 Å². The number of hydrogen-bond donors (Lipinski definition) is 1. The molecule has 1 saturated heterocycles. The summed E-state index contributed by atoms with van der Waals surface area (Å²) >= 11 is 0. The van der Waals surface area contributed by atoms with E-state index in [0.717, 1.165) is 13.1 Å². The predicted molar refractivity (Wildman–Crippen MR) is 81.7 cm³/mol. The molecule has 1 aromatic carbocycles. The van der Waals surface area contributed by atoms with Gasteiger partial charge in [0.25, 0.3) is 5.91 Å². The van der Waals surface area contributed by atoms with Crippen LogP contribution in [0.15, 0.2) is 24.3 Å². The molecule has 0 saturated carbocycles. The zero-order valence-corrected chi connectivity index (χ0v) is 13.0. The highest BCUT2D eigenvalue weighted by atomic mass is 16.5. The van der Waals surface area contributed by atoms with Crippen molar-refractivity contribution < 1.29 is 19.4 Å². The van der Waals surface area contributed by atoms with Gasteiger partial charge in [-0.3, -0.25) is 9.69 Å². The van der Waals surface area contributed by atoms with Gasteiger partial charge >= 0.3 is 5.97 Å². The number of hydrogen-bond acceptors (Lipinski definition) is 5. The minimum absolute atomic E-state index is 0.0793. The lowest BCUT2D eigenvalue weighted by atomic mass is 10.2. The fraction of sp³-hybridized carbons (Fsp3) is 0.500. The number of esters is 1. The lowest BCUT2D eigenvalue weighted by molar-refractivity contribution is -0.136. The Balaban J connectivity index is 1.78. The molecule has 120 valence electrons. The van der Waals surface area contributed by atoms with E-state index in [0.29, 0.717) is 24.7 Å². The molecule has 2 rings (SSSR count). The fourth-order valence-corrected chi connectivity index (χ4v) is 2.39. The number of amides is 1. The summed E-state index contributed by atoms with van der Waals surface area (Å²) in [6, 6.07) is 6.21. The van der Waals surface area contributed by atoms with Crippen LogP contribution in [0.5, 0.6) is 5.75 Å². The van der Waals surface area contributed by atoms with Crippen molar-refractivity contribution in [3.63, 3.8) is 0 Å². The van der Waals surface area contributed by atoms with Crippen LogP contribution in [0.2, 0.25) is 0 Å². The van der Waals surface area contributed by atoms with Gasteiger partial charge in [0.2, 0.25) is 0 Å². The highest BCUT2D eigenvalue weighted by Crippen LogP contribution is 2.11. The lowest BCUT2D eigenvalue weighted by Crippen LogP contribution is -2.51. The second kappa shape index (κ2) is 7.26. The van der Waals surface area contributed by atoms with Crippen molar-refractivity contribution in [1.29, 1.82) is 0 Å². The number of nitrogens with zero attached hydrogens (tertiary/aromatic N) is 2. The smallest absolute Gasteiger partial charge is 0.338 e. The Morgan fingerprint density at radius 1 is 1.14 bits per heavy atom. The van der Waals surface area contributed by atoms with Crippen LogP contribution in [0, 0.1) is 0 Å². The van der Waals surface area contributed by atoms with E-state index in [9.17, 15) is 14.7 Å². The molecule has 0 atom stereocenters. The molecule has 1 fully saturated rings. The molecular formula is C16H22N2O4. The molecule has 1 N–H and O–H groups in total. The van der Waals surface area contributed by atoms with E-state index in [1.54, 1.807) is 4.90 Å². The van der Waals surface area contributed by atoms with Gasteiger partial charge in [0, 0.05) is 32.2 Å². The Morgan fingerprint density at radius 2 is 1.73 bits per heavy atom. The largest absolute Gasteiger partial charge is 0.508 e. The van der Waals surface area contributed by atoms with Crippen molar-refractivity contribution in [3.05, 3.63) is 29.8 Å². The molecule has 6 heteroatoms. The summed E-state index contributed by atoms with van der Waals surface area (Å²) < 4.78 is 5.03. The van der Waals surface area contributed by atoms with E-state index in [2.05, 4.69) is 18.7 Å². The van der Waals surface area contributed by atoms with Crippen molar-refractivity contribution in [2.45, 2.75) is 19.9 Å². The van der Waals surface area contributed by atoms with Gasteiger partial charge in [0.15, 0.2) is 6.61 Å². The number of aromatic hydroxyl groups is 1. The molecule has 1 heterocycles. The van der Waals surface area contributed by atoms with E-state index < -0.39 is 5.97 Å². The molecule has 0 bridgehead atoms. The highest BCUT2D eigenvalue weighted by Gasteiger charge is 2.23. The SMILES string of the molecule is CC(C)N1CCN(C(=O)COC(=O)c2ccc(O)cc2)CC1. The molecule has 0 aromatic heterocycles. The second-order valence-electron chi connectivity index (χ2n) is 5.63. The summed E-state index contributed by atoms with van der Waals surface area (Å²) in [7, 11) is 0. The van der Waals surface area contributed by atoms with Crippen LogP contribution in [0.25, 0.3) is 0 Å². The van der Waals surface area contributed by atoms with Crippen LogP contribution >= 0.6 is 0 Å². The first kappa shape index (κ1) is 16.3. The number of rotatable bonds is 4. The quantitative estimate of drug-likeness (QED) is 0.844. The first-order chi connectivity index (χ1) is 10.5. The summed E-state index contributed by atoms with van der Waals surface area (Å²) in [5, 5.41) is 9.17. The van der Waals surface area contributed by atoms with Gasteiger partial charge < -0.3 is 14.7 Å². The van der Waals surface area contributed by atoms with Crippen molar-refractivity contribution in [2.75, 3.05) is 32.8 Å². The number of phenols is 1. The number of piperazine rings is 1. The van der Waals surface area contributed by atoms with Gasteiger partial charge in [-0.25, -0.2) is 4.79 Å². The minimum atomic E-state index is -0.561. The molecule has 1 aromatic rings. The fourth-order valence-electron chi connectivity index (χ4n) is 2.39. The van der Waals surface area contributed by atoms with Gasteiger partial charge in [-0.1, -0.05) is 0 Å². The van der Waals surface area contributed by atoms with E-state index in [4.69, 9.17) is 4.74 Å². The van der Waals surface area contributed by atoms with Gasteiger partial charge in [-0.05, 0) is 38.1 Å². The third kappa shape index (κ3) is 4.21. The molecule has 0 unspecified atom stereocenters. The minimum Gasteiger partial charge on any atom is -0.508 e. The number of carbonyl (C=O) groups is 2. The Morgan fingerprint density at radius 3 is 2.27 bits per heavy atom. The Labute approximate surface area is 130 Å². The summed E-state index contributed by atoms with van der Waals surface area (Å²) in [5.41, 5.74) is 0.315. The molecular weight excluding hydrogens is 284 g/mol. The molecule has 1 aliphatic heterocycles. The molecule has 1 amide bonds. The van der Waals surface area contributed by atoms with E-state index in [1.807, 2.05) is 0 Å². The van der Waals surface area contributed by atoms with Gasteiger partial charge in [-0.2, -0.15) is 0 Å². The maximum atomic E-state index is 12.1. The summed E-state index contributed by atoms with van der Waals surface area (Å²) in [4.78, 5) is 27.9. The highest BCUT2D eigenvalue weighted by molar-refractivity contribution is 5.91. The standard InChI is InChI=1S/C16H22N2O4/c1-12(2)17-7-9-18(10-8-17)15(20)11-22-16(21)13-3-5-14(19)6-4-13/h3-6,12,19H,7-11H2,1-2H3. The third-order valence-electron chi connectivity index (χ3n) is 3.83. The maximum absolute atomic E-state index is 12.1. The van der Waals surface area contributed by atoms with Crippen molar-refractivity contribution in [1.82, 2.24) is 9.80 Å². The lowest BCUT2D eigenvalue weighted by Gasteiger charge is -2.36. The first-order valence-electron chi connectivity index (χ1n) is 7.45. The summed E-state index contributed by atoms with van der Waals surface area (Å²) in [6.45, 7) is 7.03. The first-order valence-corrected chi connectivity index (χ1v) is 7.45.